The second-order valence-electron chi connectivity index (χ2n) is 3.81. The quantitative estimate of drug-likeness (QED) is 0.757. The summed E-state index contributed by atoms with van der Waals surface area (Å²) in [5, 5.41) is 10.8. The van der Waals surface area contributed by atoms with Gasteiger partial charge in [0.25, 0.3) is 0 Å². The van der Waals surface area contributed by atoms with Gasteiger partial charge in [0, 0.05) is 0 Å². The Morgan fingerprint density at radius 2 is 2.12 bits per heavy atom. The van der Waals surface area contributed by atoms with Gasteiger partial charge in [-0.25, -0.2) is 4.79 Å². The number of benzene rings is 1. The average molecular weight is 229 g/mol. The molecule has 1 aromatic rings. The molecule has 1 unspecified atom stereocenters. The first-order valence-electron chi connectivity index (χ1n) is 5.24. The number of carbonyl (C=O) groups is 2. The van der Waals surface area contributed by atoms with Crippen molar-refractivity contribution < 1.29 is 9.59 Å². The molecule has 86 valence electrons. The van der Waals surface area contributed by atoms with Gasteiger partial charge in [-0.05, 0) is 5.56 Å². The molecule has 17 heavy (non-hydrogen) atoms. The van der Waals surface area contributed by atoms with Gasteiger partial charge in [0.15, 0.2) is 0 Å². The topological polar surface area (TPSA) is 73.0 Å². The molecule has 3 amide bonds. The van der Waals surface area contributed by atoms with Crippen molar-refractivity contribution in [3.05, 3.63) is 35.9 Å². The highest BCUT2D eigenvalue weighted by Gasteiger charge is 2.39. The van der Waals surface area contributed by atoms with Crippen molar-refractivity contribution in [2.75, 3.05) is 6.54 Å². The van der Waals surface area contributed by atoms with Crippen LogP contribution >= 0.6 is 0 Å². The van der Waals surface area contributed by atoms with E-state index >= 15 is 0 Å². The minimum Gasteiger partial charge on any atom is -0.303 e. The smallest absolute Gasteiger partial charge is 0.303 e. The molecule has 0 aliphatic carbocycles. The average Bonchev–Trinajstić information content (AvgIpc) is 3.09. The summed E-state index contributed by atoms with van der Waals surface area (Å²) in [6, 6.07) is 10.2. The first-order valence-corrected chi connectivity index (χ1v) is 5.24. The number of nitrogens with zero attached hydrogens (tertiary/aromatic N) is 2. The van der Waals surface area contributed by atoms with Crippen LogP contribution in [0.5, 0.6) is 0 Å². The van der Waals surface area contributed by atoms with Crippen LogP contribution in [0.1, 0.15) is 5.56 Å². The Labute approximate surface area is 98.6 Å². The summed E-state index contributed by atoms with van der Waals surface area (Å²) in [6.07, 6.45) is 0.164. The van der Waals surface area contributed by atoms with Crippen molar-refractivity contribution in [3.63, 3.8) is 0 Å². The fourth-order valence-corrected chi connectivity index (χ4v) is 1.49. The number of hydrogen-bond donors (Lipinski definition) is 1. The van der Waals surface area contributed by atoms with E-state index in [1.165, 1.54) is 4.90 Å². The highest BCUT2D eigenvalue weighted by molar-refractivity contribution is 5.96. The Morgan fingerprint density at radius 3 is 2.71 bits per heavy atom. The molecule has 1 saturated heterocycles. The van der Waals surface area contributed by atoms with E-state index < -0.39 is 6.03 Å². The van der Waals surface area contributed by atoms with Crippen LogP contribution in [0.15, 0.2) is 30.3 Å². The minimum atomic E-state index is -0.488. The molecular weight excluding hydrogens is 218 g/mol. The number of nitriles is 1. The predicted molar refractivity (Wildman–Crippen MR) is 59.8 cm³/mol. The third-order valence-electron chi connectivity index (χ3n) is 2.48. The largest absolute Gasteiger partial charge is 0.325 e. The van der Waals surface area contributed by atoms with Crippen molar-refractivity contribution in [2.45, 2.75) is 12.5 Å². The zero-order valence-electron chi connectivity index (χ0n) is 9.09. The Bertz CT molecular complexity index is 478. The van der Waals surface area contributed by atoms with Gasteiger partial charge in [-0.3, -0.25) is 10.1 Å². The Balaban J connectivity index is 1.83. The maximum atomic E-state index is 11.5. The lowest BCUT2D eigenvalue weighted by atomic mass is 10.1. The Hall–Kier alpha value is -2.35. The van der Waals surface area contributed by atoms with Gasteiger partial charge >= 0.3 is 6.03 Å². The molecule has 1 aliphatic heterocycles. The van der Waals surface area contributed by atoms with E-state index in [2.05, 4.69) is 5.32 Å². The maximum absolute atomic E-state index is 11.5. The number of amides is 3. The van der Waals surface area contributed by atoms with Crippen molar-refractivity contribution in [3.8, 4) is 6.07 Å². The summed E-state index contributed by atoms with van der Waals surface area (Å²) in [4.78, 5) is 24.2. The summed E-state index contributed by atoms with van der Waals surface area (Å²) in [5.41, 5.74) is 0.848. The van der Waals surface area contributed by atoms with Crippen molar-refractivity contribution in [1.29, 1.82) is 5.26 Å². The van der Waals surface area contributed by atoms with Gasteiger partial charge in [-0.1, -0.05) is 30.3 Å². The summed E-state index contributed by atoms with van der Waals surface area (Å²) < 4.78 is 0. The molecular formula is C12H11N3O2. The highest BCUT2D eigenvalue weighted by Crippen LogP contribution is 2.15. The van der Waals surface area contributed by atoms with Crippen LogP contribution in [-0.2, 0) is 11.2 Å². The predicted octanol–water partition coefficient (Wildman–Crippen LogP) is 0.673. The molecule has 1 aliphatic rings. The first kappa shape index (κ1) is 11.1. The fourth-order valence-electron chi connectivity index (χ4n) is 1.49. The molecule has 1 atom stereocenters. The van der Waals surface area contributed by atoms with Crippen LogP contribution in [0.4, 0.5) is 4.79 Å². The van der Waals surface area contributed by atoms with Crippen LogP contribution in [0.3, 0.4) is 0 Å². The molecule has 1 aromatic carbocycles. The lowest BCUT2D eigenvalue weighted by molar-refractivity contribution is -0.119. The molecule has 1 fully saturated rings. The molecule has 1 N–H and O–H groups in total. The van der Waals surface area contributed by atoms with Gasteiger partial charge in [-0.2, -0.15) is 5.26 Å². The second-order valence-corrected chi connectivity index (χ2v) is 3.81. The van der Waals surface area contributed by atoms with E-state index in [0.29, 0.717) is 6.54 Å². The standard InChI is InChI=1S/C12H11N3O2/c13-7-10-8-15(10)12(17)14-11(16)6-9-4-2-1-3-5-9/h1-5,10H,6,8H2,(H,14,16,17). The zero-order valence-corrected chi connectivity index (χ0v) is 9.09. The van der Waals surface area contributed by atoms with Crippen LogP contribution in [-0.4, -0.2) is 29.4 Å². The van der Waals surface area contributed by atoms with Crippen molar-refractivity contribution in [1.82, 2.24) is 10.2 Å². The molecule has 1 heterocycles. The molecule has 0 spiro atoms. The third kappa shape index (κ3) is 2.82. The summed E-state index contributed by atoms with van der Waals surface area (Å²) in [7, 11) is 0. The third-order valence-corrected chi connectivity index (χ3v) is 2.48. The number of urea groups is 1. The summed E-state index contributed by atoms with van der Waals surface area (Å²) in [5.74, 6) is -0.357. The van der Waals surface area contributed by atoms with Crippen LogP contribution in [0, 0.1) is 11.3 Å². The monoisotopic (exact) mass is 229 g/mol. The van der Waals surface area contributed by atoms with E-state index in [0.717, 1.165) is 5.56 Å². The maximum Gasteiger partial charge on any atom is 0.325 e. The fraction of sp³-hybridized carbons (Fsp3) is 0.250. The Morgan fingerprint density at radius 1 is 1.41 bits per heavy atom. The van der Waals surface area contributed by atoms with Gasteiger partial charge < -0.3 is 4.90 Å². The Kier molecular flexibility index (Phi) is 3.06. The molecule has 0 radical (unpaired) electrons. The SMILES string of the molecule is N#CC1CN1C(=O)NC(=O)Cc1ccccc1. The van der Waals surface area contributed by atoms with Crippen molar-refractivity contribution >= 4 is 11.9 Å². The van der Waals surface area contributed by atoms with E-state index in [9.17, 15) is 9.59 Å². The van der Waals surface area contributed by atoms with E-state index in [4.69, 9.17) is 5.26 Å². The number of nitrogens with one attached hydrogen (secondary N) is 1. The number of hydrogen-bond acceptors (Lipinski definition) is 3. The highest BCUT2D eigenvalue weighted by atomic mass is 16.2. The lowest BCUT2D eigenvalue weighted by Crippen LogP contribution is -2.35. The van der Waals surface area contributed by atoms with Crippen molar-refractivity contribution in [2.24, 2.45) is 0 Å². The van der Waals surface area contributed by atoms with Crippen LogP contribution < -0.4 is 5.32 Å². The first-order chi connectivity index (χ1) is 8.20. The molecule has 0 saturated carbocycles. The molecule has 2 rings (SSSR count). The number of carbonyl (C=O) groups excluding carboxylic acids is 2. The number of imide groups is 1. The molecule has 0 bridgehead atoms. The normalized spacial score (nSPS) is 17.1. The van der Waals surface area contributed by atoms with Gasteiger partial charge in [0.2, 0.25) is 5.91 Å². The van der Waals surface area contributed by atoms with Crippen LogP contribution in [0.25, 0.3) is 0 Å². The molecule has 5 nitrogen and oxygen atoms in total. The number of rotatable bonds is 2. The van der Waals surface area contributed by atoms with Gasteiger partial charge in [0.05, 0.1) is 19.0 Å². The van der Waals surface area contributed by atoms with Gasteiger partial charge in [-0.15, -0.1) is 0 Å². The lowest BCUT2D eigenvalue weighted by Gasteiger charge is -2.04. The minimum absolute atomic E-state index is 0.164. The summed E-state index contributed by atoms with van der Waals surface area (Å²) >= 11 is 0. The zero-order chi connectivity index (χ0) is 12.3. The van der Waals surface area contributed by atoms with Crippen LogP contribution in [0.2, 0.25) is 0 Å². The molecule has 5 heteroatoms. The van der Waals surface area contributed by atoms with E-state index in [1.807, 2.05) is 36.4 Å². The summed E-state index contributed by atoms with van der Waals surface area (Å²) in [6.45, 7) is 0.404. The second kappa shape index (κ2) is 4.66. The van der Waals surface area contributed by atoms with Gasteiger partial charge in [0.1, 0.15) is 6.04 Å². The van der Waals surface area contributed by atoms with E-state index in [1.54, 1.807) is 0 Å². The van der Waals surface area contributed by atoms with E-state index in [-0.39, 0.29) is 18.4 Å². The molecule has 0 aromatic heterocycles.